The van der Waals surface area contributed by atoms with Gasteiger partial charge >= 0.3 is 0 Å². The highest BCUT2D eigenvalue weighted by Crippen LogP contribution is 2.31. The van der Waals surface area contributed by atoms with Crippen molar-refractivity contribution in [1.29, 1.82) is 0 Å². The van der Waals surface area contributed by atoms with E-state index in [1.807, 2.05) is 11.9 Å². The highest BCUT2D eigenvalue weighted by Gasteiger charge is 2.35. The summed E-state index contributed by atoms with van der Waals surface area (Å²) in [7, 11) is 1.99. The third-order valence-corrected chi connectivity index (χ3v) is 4.95. The van der Waals surface area contributed by atoms with Crippen LogP contribution in [0.4, 0.5) is 0 Å². The number of carbonyl (C=O) groups excluding carboxylic acids is 1. The average Bonchev–Trinajstić information content (AvgIpc) is 2.41. The van der Waals surface area contributed by atoms with Crippen molar-refractivity contribution in [3.63, 3.8) is 0 Å². The summed E-state index contributed by atoms with van der Waals surface area (Å²) >= 11 is 0. The van der Waals surface area contributed by atoms with Crippen molar-refractivity contribution in [2.24, 2.45) is 17.6 Å². The van der Waals surface area contributed by atoms with E-state index in [0.717, 1.165) is 12.8 Å². The summed E-state index contributed by atoms with van der Waals surface area (Å²) in [5, 5.41) is 0. The summed E-state index contributed by atoms with van der Waals surface area (Å²) in [5.74, 6) is 1.03. The van der Waals surface area contributed by atoms with Gasteiger partial charge in [-0.1, -0.05) is 26.2 Å². The molecule has 2 N–H and O–H groups in total. The molecule has 3 atom stereocenters. The van der Waals surface area contributed by atoms with Gasteiger partial charge in [-0.05, 0) is 38.0 Å². The number of nitrogens with zero attached hydrogens (tertiary/aromatic N) is 1. The molecular weight excluding hydrogens is 224 g/mol. The molecule has 0 radical (unpaired) electrons. The van der Waals surface area contributed by atoms with E-state index in [0.29, 0.717) is 17.9 Å². The van der Waals surface area contributed by atoms with Crippen molar-refractivity contribution in [2.45, 2.75) is 70.4 Å². The van der Waals surface area contributed by atoms with Gasteiger partial charge in [0.1, 0.15) is 0 Å². The number of hydrogen-bond acceptors (Lipinski definition) is 2. The first-order valence-electron chi connectivity index (χ1n) is 7.62. The Morgan fingerprint density at radius 1 is 1.11 bits per heavy atom. The van der Waals surface area contributed by atoms with Gasteiger partial charge in [-0.3, -0.25) is 4.79 Å². The Morgan fingerprint density at radius 3 is 2.44 bits per heavy atom. The van der Waals surface area contributed by atoms with E-state index >= 15 is 0 Å². The third kappa shape index (κ3) is 3.05. The Bertz CT molecular complexity index is 286. The summed E-state index contributed by atoms with van der Waals surface area (Å²) in [4.78, 5) is 14.6. The second kappa shape index (κ2) is 6.05. The van der Waals surface area contributed by atoms with Crippen LogP contribution in [-0.4, -0.2) is 29.9 Å². The summed E-state index contributed by atoms with van der Waals surface area (Å²) in [5.41, 5.74) is 6.16. The van der Waals surface area contributed by atoms with Crippen molar-refractivity contribution in [3.8, 4) is 0 Å². The topological polar surface area (TPSA) is 46.3 Å². The lowest BCUT2D eigenvalue weighted by Crippen LogP contribution is -2.49. The highest BCUT2D eigenvalue weighted by atomic mass is 16.2. The van der Waals surface area contributed by atoms with Gasteiger partial charge < -0.3 is 10.6 Å². The van der Waals surface area contributed by atoms with E-state index in [1.54, 1.807) is 0 Å². The molecule has 18 heavy (non-hydrogen) atoms. The first-order chi connectivity index (χ1) is 8.59. The minimum absolute atomic E-state index is 0.0701. The fourth-order valence-electron chi connectivity index (χ4n) is 3.60. The predicted molar refractivity (Wildman–Crippen MR) is 74.1 cm³/mol. The molecule has 2 saturated carbocycles. The van der Waals surface area contributed by atoms with Crippen molar-refractivity contribution in [2.75, 3.05) is 7.05 Å². The Hall–Kier alpha value is -0.570. The molecule has 0 spiro atoms. The maximum absolute atomic E-state index is 12.6. The van der Waals surface area contributed by atoms with Crippen molar-refractivity contribution < 1.29 is 4.79 Å². The third-order valence-electron chi connectivity index (χ3n) is 4.95. The van der Waals surface area contributed by atoms with Crippen molar-refractivity contribution >= 4 is 5.91 Å². The predicted octanol–water partition coefficient (Wildman–Crippen LogP) is 2.54. The molecule has 3 unspecified atom stereocenters. The maximum Gasteiger partial charge on any atom is 0.227 e. The van der Waals surface area contributed by atoms with Crippen LogP contribution in [0.1, 0.15) is 58.3 Å². The summed E-state index contributed by atoms with van der Waals surface area (Å²) in [6, 6.07) is 0.551. The van der Waals surface area contributed by atoms with E-state index in [4.69, 9.17) is 5.73 Å². The van der Waals surface area contributed by atoms with E-state index in [2.05, 4.69) is 6.92 Å². The fourth-order valence-corrected chi connectivity index (χ4v) is 3.60. The molecule has 2 rings (SSSR count). The number of rotatable bonds is 2. The molecule has 104 valence electrons. The van der Waals surface area contributed by atoms with Crippen LogP contribution in [0.2, 0.25) is 0 Å². The molecule has 0 saturated heterocycles. The summed E-state index contributed by atoms with van der Waals surface area (Å²) in [6.45, 7) is 2.24. The SMILES string of the molecule is CC1CCC(N)C(C(=O)N(C)C2CCCCC2)C1. The van der Waals surface area contributed by atoms with Gasteiger partial charge in [-0.2, -0.15) is 0 Å². The van der Waals surface area contributed by atoms with E-state index < -0.39 is 0 Å². The van der Waals surface area contributed by atoms with E-state index in [1.165, 1.54) is 38.5 Å². The van der Waals surface area contributed by atoms with Crippen LogP contribution in [0.15, 0.2) is 0 Å². The second-order valence-electron chi connectivity index (χ2n) is 6.43. The zero-order valence-electron chi connectivity index (χ0n) is 11.9. The molecule has 3 nitrogen and oxygen atoms in total. The van der Waals surface area contributed by atoms with Crippen LogP contribution in [0.3, 0.4) is 0 Å². The number of carbonyl (C=O) groups is 1. The van der Waals surface area contributed by atoms with Crippen molar-refractivity contribution in [1.82, 2.24) is 4.90 Å². The molecular formula is C15H28N2O. The minimum atomic E-state index is 0.0701. The molecule has 0 aromatic rings. The normalized spacial score (nSPS) is 34.3. The lowest BCUT2D eigenvalue weighted by molar-refractivity contribution is -0.139. The zero-order chi connectivity index (χ0) is 13.1. The second-order valence-corrected chi connectivity index (χ2v) is 6.43. The van der Waals surface area contributed by atoms with Gasteiger partial charge in [0.05, 0.1) is 5.92 Å². The first kappa shape index (κ1) is 13.9. The molecule has 2 aliphatic rings. The fraction of sp³-hybridized carbons (Fsp3) is 0.933. The molecule has 1 amide bonds. The number of nitrogens with two attached hydrogens (primary N) is 1. The Balaban J connectivity index is 1.95. The lowest BCUT2D eigenvalue weighted by atomic mass is 9.78. The van der Waals surface area contributed by atoms with Gasteiger partial charge in [0.15, 0.2) is 0 Å². The van der Waals surface area contributed by atoms with E-state index in [9.17, 15) is 4.79 Å². The maximum atomic E-state index is 12.6. The van der Waals surface area contributed by atoms with Crippen molar-refractivity contribution in [3.05, 3.63) is 0 Å². The van der Waals surface area contributed by atoms with Crippen LogP contribution in [-0.2, 0) is 4.79 Å². The average molecular weight is 252 g/mol. The molecule has 0 heterocycles. The largest absolute Gasteiger partial charge is 0.342 e. The lowest BCUT2D eigenvalue weighted by Gasteiger charge is -2.38. The van der Waals surface area contributed by atoms with Gasteiger partial charge in [-0.25, -0.2) is 0 Å². The van der Waals surface area contributed by atoms with Crippen LogP contribution in [0, 0.1) is 11.8 Å². The zero-order valence-corrected chi connectivity index (χ0v) is 11.9. The van der Waals surface area contributed by atoms with Gasteiger partial charge in [-0.15, -0.1) is 0 Å². The van der Waals surface area contributed by atoms with Crippen LogP contribution < -0.4 is 5.73 Å². The summed E-state index contributed by atoms with van der Waals surface area (Å²) in [6.07, 6.45) is 9.41. The molecule has 0 aromatic carbocycles. The quantitative estimate of drug-likeness (QED) is 0.821. The Morgan fingerprint density at radius 2 is 1.78 bits per heavy atom. The minimum Gasteiger partial charge on any atom is -0.342 e. The smallest absolute Gasteiger partial charge is 0.227 e. The Labute approximate surface area is 111 Å². The Kier molecular flexibility index (Phi) is 4.66. The molecule has 0 bridgehead atoms. The number of hydrogen-bond donors (Lipinski definition) is 1. The van der Waals surface area contributed by atoms with Crippen LogP contribution >= 0.6 is 0 Å². The first-order valence-corrected chi connectivity index (χ1v) is 7.62. The molecule has 2 fully saturated rings. The molecule has 0 aliphatic heterocycles. The standard InChI is InChI=1S/C15H28N2O/c1-11-8-9-14(16)13(10-11)15(18)17(2)12-6-4-3-5-7-12/h11-14H,3-10,16H2,1-2H3. The van der Waals surface area contributed by atoms with Crippen LogP contribution in [0.25, 0.3) is 0 Å². The van der Waals surface area contributed by atoms with Crippen LogP contribution in [0.5, 0.6) is 0 Å². The summed E-state index contributed by atoms with van der Waals surface area (Å²) < 4.78 is 0. The molecule has 3 heteroatoms. The van der Waals surface area contributed by atoms with Gasteiger partial charge in [0.2, 0.25) is 5.91 Å². The van der Waals surface area contributed by atoms with Gasteiger partial charge in [0, 0.05) is 19.1 Å². The van der Waals surface area contributed by atoms with E-state index in [-0.39, 0.29) is 12.0 Å². The molecule has 0 aromatic heterocycles. The monoisotopic (exact) mass is 252 g/mol. The number of amides is 1. The van der Waals surface area contributed by atoms with Gasteiger partial charge in [0.25, 0.3) is 0 Å². The molecule has 2 aliphatic carbocycles. The highest BCUT2D eigenvalue weighted by molar-refractivity contribution is 5.79.